The second kappa shape index (κ2) is 7.68. The number of carbonyl (C=O) groups is 1. The van der Waals surface area contributed by atoms with Gasteiger partial charge in [-0.25, -0.2) is 9.37 Å². The summed E-state index contributed by atoms with van der Waals surface area (Å²) in [7, 11) is 0. The van der Waals surface area contributed by atoms with Crippen LogP contribution in [0, 0.1) is 15.9 Å². The summed E-state index contributed by atoms with van der Waals surface area (Å²) >= 11 is 1.38. The largest absolute Gasteiger partial charge is 0.477 e. The number of hydrogen-bond donors (Lipinski definition) is 1. The number of ether oxygens (including phenoxy) is 1. The summed E-state index contributed by atoms with van der Waals surface area (Å²) in [6.45, 7) is -0.426. The molecule has 2 heterocycles. The Morgan fingerprint density at radius 2 is 2.00 bits per heavy atom. The molecule has 1 amide bonds. The van der Waals surface area contributed by atoms with E-state index < -0.39 is 17.4 Å². The Labute approximate surface area is 167 Å². The SMILES string of the molecule is O=C(COc1ccccc1[N+](=O)[O-])Nc1c(-c2ccc(F)cc2)nc2sccn12. The smallest absolute Gasteiger partial charge is 0.310 e. The van der Waals surface area contributed by atoms with E-state index in [-0.39, 0.29) is 17.3 Å². The van der Waals surface area contributed by atoms with Crippen LogP contribution in [0.3, 0.4) is 0 Å². The van der Waals surface area contributed by atoms with Crippen molar-refractivity contribution in [1.29, 1.82) is 0 Å². The van der Waals surface area contributed by atoms with Gasteiger partial charge in [-0.05, 0) is 30.3 Å². The first kappa shape index (κ1) is 18.6. The number of carbonyl (C=O) groups excluding carboxylic acids is 1. The van der Waals surface area contributed by atoms with Gasteiger partial charge in [0.25, 0.3) is 5.91 Å². The van der Waals surface area contributed by atoms with Crippen LogP contribution in [0.1, 0.15) is 0 Å². The minimum absolute atomic E-state index is 0.000345. The summed E-state index contributed by atoms with van der Waals surface area (Å²) in [5.74, 6) is -0.484. The summed E-state index contributed by atoms with van der Waals surface area (Å²) in [5.41, 5.74) is 0.894. The Bertz CT molecular complexity index is 1200. The number of para-hydroxylation sites is 2. The Hall–Kier alpha value is -3.79. The molecule has 2 aromatic heterocycles. The molecule has 0 spiro atoms. The molecule has 2 aromatic carbocycles. The van der Waals surface area contributed by atoms with Gasteiger partial charge in [-0.15, -0.1) is 11.3 Å². The molecule has 0 radical (unpaired) electrons. The van der Waals surface area contributed by atoms with Crippen molar-refractivity contribution in [2.75, 3.05) is 11.9 Å². The summed E-state index contributed by atoms with van der Waals surface area (Å²) < 4.78 is 20.3. The van der Waals surface area contributed by atoms with Gasteiger partial charge in [-0.2, -0.15) is 0 Å². The summed E-state index contributed by atoms with van der Waals surface area (Å²) in [5, 5.41) is 15.6. The first-order chi connectivity index (χ1) is 14.0. The van der Waals surface area contributed by atoms with Crippen LogP contribution in [0.5, 0.6) is 5.75 Å². The van der Waals surface area contributed by atoms with Crippen molar-refractivity contribution in [2.24, 2.45) is 0 Å². The predicted molar refractivity (Wildman–Crippen MR) is 106 cm³/mol. The zero-order valence-electron chi connectivity index (χ0n) is 14.7. The van der Waals surface area contributed by atoms with Gasteiger partial charge in [0.2, 0.25) is 0 Å². The third kappa shape index (κ3) is 3.78. The van der Waals surface area contributed by atoms with Crippen LogP contribution in [-0.2, 0) is 4.79 Å². The highest BCUT2D eigenvalue weighted by Crippen LogP contribution is 2.31. The highest BCUT2D eigenvalue weighted by atomic mass is 32.1. The number of thiazole rings is 1. The fraction of sp³-hybridized carbons (Fsp3) is 0.0526. The first-order valence-corrected chi connectivity index (χ1v) is 9.28. The van der Waals surface area contributed by atoms with E-state index in [0.717, 1.165) is 0 Å². The van der Waals surface area contributed by atoms with Crippen molar-refractivity contribution >= 4 is 33.7 Å². The maximum Gasteiger partial charge on any atom is 0.310 e. The first-order valence-electron chi connectivity index (χ1n) is 8.40. The lowest BCUT2D eigenvalue weighted by molar-refractivity contribution is -0.385. The number of nitro groups is 1. The molecular formula is C19H13FN4O4S. The van der Waals surface area contributed by atoms with Crippen LogP contribution < -0.4 is 10.1 Å². The van der Waals surface area contributed by atoms with E-state index in [4.69, 9.17) is 4.74 Å². The number of nitrogens with one attached hydrogen (secondary N) is 1. The maximum absolute atomic E-state index is 13.3. The number of amides is 1. The Kier molecular flexibility index (Phi) is 4.92. The molecular weight excluding hydrogens is 399 g/mol. The van der Waals surface area contributed by atoms with Gasteiger partial charge in [0.05, 0.1) is 4.92 Å². The van der Waals surface area contributed by atoms with Gasteiger partial charge in [-0.1, -0.05) is 12.1 Å². The zero-order valence-corrected chi connectivity index (χ0v) is 15.6. The van der Waals surface area contributed by atoms with Crippen molar-refractivity contribution in [3.63, 3.8) is 0 Å². The molecule has 29 heavy (non-hydrogen) atoms. The van der Waals surface area contributed by atoms with Crippen molar-refractivity contribution in [3.8, 4) is 17.0 Å². The topological polar surface area (TPSA) is 98.8 Å². The van der Waals surface area contributed by atoms with E-state index in [2.05, 4.69) is 10.3 Å². The number of anilines is 1. The number of aromatic nitrogens is 2. The van der Waals surface area contributed by atoms with Gasteiger partial charge >= 0.3 is 5.69 Å². The Morgan fingerprint density at radius 3 is 2.76 bits per heavy atom. The minimum atomic E-state index is -0.578. The van der Waals surface area contributed by atoms with E-state index in [0.29, 0.717) is 22.0 Å². The quantitative estimate of drug-likeness (QED) is 0.379. The van der Waals surface area contributed by atoms with Gasteiger partial charge in [0.1, 0.15) is 17.3 Å². The Morgan fingerprint density at radius 1 is 1.24 bits per heavy atom. The van der Waals surface area contributed by atoms with Crippen molar-refractivity contribution in [3.05, 3.63) is 76.0 Å². The average molecular weight is 412 g/mol. The molecule has 0 aliphatic carbocycles. The third-order valence-corrected chi connectivity index (χ3v) is 4.81. The molecule has 0 aliphatic rings. The number of benzene rings is 2. The molecule has 10 heteroatoms. The van der Waals surface area contributed by atoms with E-state index in [1.165, 1.54) is 41.7 Å². The number of fused-ring (bicyclic) bond motifs is 1. The standard InChI is InChI=1S/C19H13FN4O4S/c20-13-7-5-12(6-8-13)17-18(23-9-10-29-19(23)22-17)21-16(25)11-28-15-4-2-1-3-14(15)24(26)27/h1-10H,11H2,(H,21,25). The number of hydrogen-bond acceptors (Lipinski definition) is 6. The van der Waals surface area contributed by atoms with Gasteiger partial charge in [0, 0.05) is 23.2 Å². The van der Waals surface area contributed by atoms with E-state index >= 15 is 0 Å². The molecule has 4 rings (SSSR count). The van der Waals surface area contributed by atoms with Gasteiger partial charge in [0.15, 0.2) is 17.3 Å². The second-order valence-electron chi connectivity index (χ2n) is 5.93. The van der Waals surface area contributed by atoms with E-state index in [9.17, 15) is 19.3 Å². The molecule has 0 aliphatic heterocycles. The lowest BCUT2D eigenvalue weighted by Gasteiger charge is -2.09. The molecule has 0 saturated heterocycles. The van der Waals surface area contributed by atoms with Crippen molar-refractivity contribution in [2.45, 2.75) is 0 Å². The van der Waals surface area contributed by atoms with Crippen LogP contribution >= 0.6 is 11.3 Å². The summed E-state index contributed by atoms with van der Waals surface area (Å²) in [6.07, 6.45) is 1.75. The van der Waals surface area contributed by atoms with Crippen LogP contribution in [0.25, 0.3) is 16.2 Å². The highest BCUT2D eigenvalue weighted by Gasteiger charge is 2.19. The number of nitro benzene ring substituents is 1. The molecule has 4 aromatic rings. The van der Waals surface area contributed by atoms with Crippen LogP contribution in [0.4, 0.5) is 15.9 Å². The molecule has 0 fully saturated rings. The maximum atomic E-state index is 13.3. The number of rotatable bonds is 6. The van der Waals surface area contributed by atoms with E-state index in [1.807, 2.05) is 5.38 Å². The number of halogens is 1. The lowest BCUT2D eigenvalue weighted by Crippen LogP contribution is -2.21. The van der Waals surface area contributed by atoms with Crippen LogP contribution in [0.15, 0.2) is 60.1 Å². The van der Waals surface area contributed by atoms with Crippen molar-refractivity contribution in [1.82, 2.24) is 9.38 Å². The number of imidazole rings is 1. The van der Waals surface area contributed by atoms with Crippen LogP contribution in [0.2, 0.25) is 0 Å². The van der Waals surface area contributed by atoms with Crippen molar-refractivity contribution < 1.29 is 18.8 Å². The summed E-state index contributed by atoms with van der Waals surface area (Å²) in [4.78, 5) is 28.1. The molecule has 0 saturated carbocycles. The fourth-order valence-electron chi connectivity index (χ4n) is 2.76. The normalized spacial score (nSPS) is 10.8. The fourth-order valence-corrected chi connectivity index (χ4v) is 3.47. The molecule has 146 valence electrons. The molecule has 8 nitrogen and oxygen atoms in total. The third-order valence-electron chi connectivity index (χ3n) is 4.06. The molecule has 0 bridgehead atoms. The van der Waals surface area contributed by atoms with Crippen LogP contribution in [-0.4, -0.2) is 26.8 Å². The molecule has 0 unspecified atom stereocenters. The average Bonchev–Trinajstić information content (AvgIpc) is 3.30. The zero-order chi connectivity index (χ0) is 20.4. The molecule has 1 N–H and O–H groups in total. The lowest BCUT2D eigenvalue weighted by atomic mass is 10.1. The Balaban J connectivity index is 1.57. The monoisotopic (exact) mass is 412 g/mol. The highest BCUT2D eigenvalue weighted by molar-refractivity contribution is 7.15. The predicted octanol–water partition coefficient (Wildman–Crippen LogP) is 4.13. The van der Waals surface area contributed by atoms with Gasteiger partial charge < -0.3 is 10.1 Å². The van der Waals surface area contributed by atoms with Gasteiger partial charge in [-0.3, -0.25) is 19.3 Å². The summed E-state index contributed by atoms with van der Waals surface area (Å²) in [6, 6.07) is 11.6. The second-order valence-corrected chi connectivity index (χ2v) is 6.81. The van der Waals surface area contributed by atoms with E-state index in [1.54, 1.807) is 28.8 Å². The minimum Gasteiger partial charge on any atom is -0.477 e. The number of nitrogens with zero attached hydrogens (tertiary/aromatic N) is 3. The molecule has 0 atom stereocenters.